The Morgan fingerprint density at radius 2 is 2.07 bits per heavy atom. The summed E-state index contributed by atoms with van der Waals surface area (Å²) in [5.41, 5.74) is 0.867. The Hall–Kier alpha value is -1.85. The van der Waals surface area contributed by atoms with Gasteiger partial charge in [0.05, 0.1) is 0 Å². The van der Waals surface area contributed by atoms with Crippen molar-refractivity contribution in [2.45, 2.75) is 6.42 Å². The van der Waals surface area contributed by atoms with E-state index in [2.05, 4.69) is 15.3 Å². The lowest BCUT2D eigenvalue weighted by Gasteiger charge is -2.11. The van der Waals surface area contributed by atoms with Crippen molar-refractivity contribution in [2.24, 2.45) is 0 Å². The minimum absolute atomic E-state index is 0.130. The maximum absolute atomic E-state index is 11.1. The monoisotopic (exact) mass is 210 g/mol. The van der Waals surface area contributed by atoms with Crippen molar-refractivity contribution in [3.05, 3.63) is 18.0 Å². The molecule has 1 rings (SSSR count). The van der Waals surface area contributed by atoms with Crippen LogP contribution in [0, 0.1) is 0 Å². The molecule has 0 atom stereocenters. The second kappa shape index (κ2) is 5.14. The summed E-state index contributed by atoms with van der Waals surface area (Å²) in [4.78, 5) is 19.9. The molecule has 2 N–H and O–H groups in total. The summed E-state index contributed by atoms with van der Waals surface area (Å²) >= 11 is 0. The van der Waals surface area contributed by atoms with Crippen molar-refractivity contribution in [1.29, 1.82) is 0 Å². The van der Waals surface area contributed by atoms with Gasteiger partial charge in [-0.25, -0.2) is 14.8 Å². The van der Waals surface area contributed by atoms with Crippen LogP contribution >= 0.6 is 0 Å². The van der Waals surface area contributed by atoms with Crippen molar-refractivity contribution in [1.82, 2.24) is 20.2 Å². The summed E-state index contributed by atoms with van der Waals surface area (Å²) in [6.07, 6.45) is 3.70. The molecule has 2 amide bonds. The van der Waals surface area contributed by atoms with E-state index < -0.39 is 0 Å². The van der Waals surface area contributed by atoms with Crippen LogP contribution < -0.4 is 5.32 Å². The van der Waals surface area contributed by atoms with Gasteiger partial charge in [-0.15, -0.1) is 0 Å². The largest absolute Gasteiger partial charge is 0.479 e. The van der Waals surface area contributed by atoms with E-state index in [1.807, 2.05) is 0 Å². The highest BCUT2D eigenvalue weighted by Crippen LogP contribution is 2.00. The summed E-state index contributed by atoms with van der Waals surface area (Å²) in [6.45, 7) is 0.519. The second-order valence-corrected chi connectivity index (χ2v) is 3.27. The average molecular weight is 210 g/mol. The van der Waals surface area contributed by atoms with Crippen LogP contribution in [0.15, 0.2) is 12.4 Å². The van der Waals surface area contributed by atoms with Gasteiger partial charge in [-0.3, -0.25) is 0 Å². The van der Waals surface area contributed by atoms with E-state index in [0.29, 0.717) is 13.0 Å². The van der Waals surface area contributed by atoms with Crippen molar-refractivity contribution < 1.29 is 9.90 Å². The third-order valence-electron chi connectivity index (χ3n) is 1.79. The highest BCUT2D eigenvalue weighted by atomic mass is 16.3. The van der Waals surface area contributed by atoms with Gasteiger partial charge in [0.2, 0.25) is 0 Å². The first-order chi connectivity index (χ1) is 7.09. The molecule has 0 spiro atoms. The van der Waals surface area contributed by atoms with Gasteiger partial charge in [0.1, 0.15) is 0 Å². The molecule has 0 aromatic carbocycles. The highest BCUT2D eigenvalue weighted by Gasteiger charge is 2.01. The molecule has 82 valence electrons. The van der Waals surface area contributed by atoms with Gasteiger partial charge >= 0.3 is 12.0 Å². The Morgan fingerprint density at radius 3 is 2.60 bits per heavy atom. The molecule has 1 aromatic heterocycles. The van der Waals surface area contributed by atoms with Crippen molar-refractivity contribution in [3.63, 3.8) is 0 Å². The molecule has 1 aromatic rings. The number of carbonyl (C=O) groups is 1. The van der Waals surface area contributed by atoms with Gasteiger partial charge < -0.3 is 15.3 Å². The lowest BCUT2D eigenvalue weighted by molar-refractivity contribution is 0.217. The second-order valence-electron chi connectivity index (χ2n) is 3.27. The van der Waals surface area contributed by atoms with E-state index >= 15 is 0 Å². The summed E-state index contributed by atoms with van der Waals surface area (Å²) in [6, 6.07) is -0.370. The smallest absolute Gasteiger partial charge is 0.316 e. The summed E-state index contributed by atoms with van der Waals surface area (Å²) in [7, 11) is 3.36. The molecule has 0 radical (unpaired) electrons. The van der Waals surface area contributed by atoms with Crippen LogP contribution in [-0.2, 0) is 6.42 Å². The predicted octanol–water partition coefficient (Wildman–Crippen LogP) is -0.00410. The Balaban J connectivity index is 2.32. The van der Waals surface area contributed by atoms with Gasteiger partial charge in [0.25, 0.3) is 0 Å². The molecule has 0 aliphatic heterocycles. The standard InChI is InChI=1S/C9H14N4O2/c1-13(2)9(15)10-4-3-7-5-11-8(14)12-6-7/h5-6H,3-4H2,1-2H3,(H,10,15)(H,11,12,14). The third kappa shape index (κ3) is 3.80. The van der Waals surface area contributed by atoms with Crippen LogP contribution in [0.2, 0.25) is 0 Å². The molecule has 15 heavy (non-hydrogen) atoms. The molecule has 1 heterocycles. The fourth-order valence-corrected chi connectivity index (χ4v) is 0.949. The van der Waals surface area contributed by atoms with Crippen molar-refractivity contribution in [3.8, 4) is 6.01 Å². The van der Waals surface area contributed by atoms with Crippen LogP contribution in [-0.4, -0.2) is 46.6 Å². The van der Waals surface area contributed by atoms with Crippen LogP contribution in [0.3, 0.4) is 0 Å². The van der Waals surface area contributed by atoms with Gasteiger partial charge in [-0.05, 0) is 12.0 Å². The van der Waals surface area contributed by atoms with Crippen molar-refractivity contribution in [2.75, 3.05) is 20.6 Å². The number of carbonyl (C=O) groups excluding carboxylic acids is 1. The molecule has 0 unspecified atom stereocenters. The summed E-state index contributed by atoms with van der Waals surface area (Å²) < 4.78 is 0. The zero-order valence-electron chi connectivity index (χ0n) is 8.77. The number of aromatic hydroxyl groups is 1. The fraction of sp³-hybridized carbons (Fsp3) is 0.444. The molecule has 0 aliphatic rings. The minimum Gasteiger partial charge on any atom is -0.479 e. The van der Waals surface area contributed by atoms with Crippen LogP contribution in [0.4, 0.5) is 4.79 Å². The molecule has 0 saturated heterocycles. The first-order valence-corrected chi connectivity index (χ1v) is 4.54. The molecule has 0 fully saturated rings. The maximum atomic E-state index is 11.1. The molecule has 6 nitrogen and oxygen atoms in total. The van der Waals surface area contributed by atoms with E-state index in [-0.39, 0.29) is 12.0 Å². The number of amides is 2. The highest BCUT2D eigenvalue weighted by molar-refractivity contribution is 5.73. The maximum Gasteiger partial charge on any atom is 0.316 e. The predicted molar refractivity (Wildman–Crippen MR) is 54.5 cm³/mol. The molecule has 0 aliphatic carbocycles. The number of urea groups is 1. The van der Waals surface area contributed by atoms with E-state index in [1.54, 1.807) is 14.1 Å². The van der Waals surface area contributed by atoms with Crippen molar-refractivity contribution >= 4 is 6.03 Å². The van der Waals surface area contributed by atoms with Gasteiger partial charge in [-0.2, -0.15) is 0 Å². The molecule has 0 saturated carbocycles. The third-order valence-corrected chi connectivity index (χ3v) is 1.79. The Labute approximate surface area is 88.0 Å². The van der Waals surface area contributed by atoms with Crippen LogP contribution in [0.1, 0.15) is 5.56 Å². The summed E-state index contributed by atoms with van der Waals surface area (Å²) in [5.74, 6) is 0. The zero-order chi connectivity index (χ0) is 11.3. The molecular weight excluding hydrogens is 196 g/mol. The number of rotatable bonds is 3. The number of hydrogen-bond donors (Lipinski definition) is 2. The first kappa shape index (κ1) is 11.2. The topological polar surface area (TPSA) is 78.4 Å². The lowest BCUT2D eigenvalue weighted by atomic mass is 10.2. The lowest BCUT2D eigenvalue weighted by Crippen LogP contribution is -2.35. The average Bonchev–Trinajstić information content (AvgIpc) is 2.20. The molecule has 6 heteroatoms. The van der Waals surface area contributed by atoms with Crippen LogP contribution in [0.25, 0.3) is 0 Å². The van der Waals surface area contributed by atoms with Gasteiger partial charge in [0.15, 0.2) is 0 Å². The Bertz CT molecular complexity index is 323. The minimum atomic E-state index is -0.240. The normalized spacial score (nSPS) is 9.73. The molecule has 0 bridgehead atoms. The number of nitrogens with zero attached hydrogens (tertiary/aromatic N) is 3. The van der Waals surface area contributed by atoms with Gasteiger partial charge in [0, 0.05) is 33.0 Å². The van der Waals surface area contributed by atoms with E-state index in [0.717, 1.165) is 5.56 Å². The molecular formula is C9H14N4O2. The van der Waals surface area contributed by atoms with E-state index in [9.17, 15) is 4.79 Å². The summed E-state index contributed by atoms with van der Waals surface area (Å²) in [5, 5.41) is 11.6. The fourth-order valence-electron chi connectivity index (χ4n) is 0.949. The number of nitrogens with one attached hydrogen (secondary N) is 1. The van der Waals surface area contributed by atoms with E-state index in [1.165, 1.54) is 17.3 Å². The van der Waals surface area contributed by atoms with E-state index in [4.69, 9.17) is 5.11 Å². The quantitative estimate of drug-likeness (QED) is 0.735. The Morgan fingerprint density at radius 1 is 1.47 bits per heavy atom. The number of hydrogen-bond acceptors (Lipinski definition) is 4. The Kier molecular flexibility index (Phi) is 3.84. The van der Waals surface area contributed by atoms with Gasteiger partial charge in [-0.1, -0.05) is 0 Å². The SMILES string of the molecule is CN(C)C(=O)NCCc1cnc(O)nc1. The zero-order valence-corrected chi connectivity index (χ0v) is 8.77. The first-order valence-electron chi connectivity index (χ1n) is 4.54. The number of aromatic nitrogens is 2. The van der Waals surface area contributed by atoms with Crippen LogP contribution in [0.5, 0.6) is 6.01 Å².